The van der Waals surface area contributed by atoms with E-state index in [1.54, 1.807) is 13.0 Å². The van der Waals surface area contributed by atoms with E-state index in [2.05, 4.69) is 0 Å². The van der Waals surface area contributed by atoms with Crippen LogP contribution in [0.2, 0.25) is 5.02 Å². The predicted octanol–water partition coefficient (Wildman–Crippen LogP) is 4.20. The van der Waals surface area contributed by atoms with E-state index < -0.39 is 70.5 Å². The first kappa shape index (κ1) is 29.6. The van der Waals surface area contributed by atoms with Gasteiger partial charge in [-0.2, -0.15) is 4.90 Å². The third kappa shape index (κ3) is 3.89. The van der Waals surface area contributed by atoms with Gasteiger partial charge in [-0.15, -0.1) is 0 Å². The van der Waals surface area contributed by atoms with Crippen LogP contribution < -0.4 is 14.4 Å². The van der Waals surface area contributed by atoms with E-state index in [0.29, 0.717) is 10.5 Å². The third-order valence-electron chi connectivity index (χ3n) is 9.63. The average molecular weight is 627 g/mol. The molecule has 0 spiro atoms. The summed E-state index contributed by atoms with van der Waals surface area (Å²) in [5.41, 5.74) is -0.723. The van der Waals surface area contributed by atoms with Crippen LogP contribution in [-0.4, -0.2) is 61.1 Å². The van der Waals surface area contributed by atoms with Gasteiger partial charge in [-0.3, -0.25) is 19.2 Å². The average Bonchev–Trinajstić information content (AvgIpc) is 3.37. The maximum Gasteiger partial charge on any atom is 0.423 e. The van der Waals surface area contributed by atoms with Crippen molar-refractivity contribution in [1.82, 2.24) is 4.90 Å². The number of allylic oxidation sites excluding steroid dienone is 2. The number of aromatic hydroxyl groups is 1. The van der Waals surface area contributed by atoms with Crippen LogP contribution >= 0.6 is 11.6 Å². The van der Waals surface area contributed by atoms with Crippen molar-refractivity contribution in [2.24, 2.45) is 29.1 Å². The molecule has 4 aliphatic rings. The van der Waals surface area contributed by atoms with Gasteiger partial charge in [0.15, 0.2) is 0 Å². The molecule has 3 fully saturated rings. The predicted molar refractivity (Wildman–Crippen MR) is 151 cm³/mol. The first-order chi connectivity index (χ1) is 20.9. The summed E-state index contributed by atoms with van der Waals surface area (Å²) < 4.78 is 29.7. The van der Waals surface area contributed by atoms with E-state index in [4.69, 9.17) is 25.8 Å². The van der Waals surface area contributed by atoms with Gasteiger partial charge in [0.1, 0.15) is 23.1 Å². The number of hydrogen-bond acceptors (Lipinski definition) is 9. The van der Waals surface area contributed by atoms with Crippen molar-refractivity contribution in [3.05, 3.63) is 58.4 Å². The van der Waals surface area contributed by atoms with E-state index in [1.165, 1.54) is 38.5 Å². The molecule has 1 saturated carbocycles. The summed E-state index contributed by atoms with van der Waals surface area (Å²) in [5, 5.41) is 11.1. The Hall–Kier alpha value is -4.45. The normalized spacial score (nSPS) is 29.2. The monoisotopic (exact) mass is 626 g/mol. The summed E-state index contributed by atoms with van der Waals surface area (Å²) in [6.07, 6.45) is 0.713. The highest BCUT2D eigenvalue weighted by molar-refractivity contribution is 6.31. The van der Waals surface area contributed by atoms with Gasteiger partial charge in [0.2, 0.25) is 23.6 Å². The van der Waals surface area contributed by atoms with Gasteiger partial charge in [-0.25, -0.2) is 14.1 Å². The second-order valence-corrected chi connectivity index (χ2v) is 11.9. The molecule has 5 amide bonds. The fourth-order valence-electron chi connectivity index (χ4n) is 7.63. The summed E-state index contributed by atoms with van der Waals surface area (Å²) in [5.74, 6) is -7.97. The lowest BCUT2D eigenvalue weighted by atomic mass is 9.51. The van der Waals surface area contributed by atoms with Crippen LogP contribution in [0.4, 0.5) is 14.9 Å². The maximum absolute atomic E-state index is 14.5. The zero-order chi connectivity index (χ0) is 31.8. The number of imide groups is 4. The molecule has 2 saturated heterocycles. The molecular weight excluding hydrogens is 599 g/mol. The molecule has 6 atom stereocenters. The van der Waals surface area contributed by atoms with Gasteiger partial charge < -0.3 is 19.3 Å². The number of phenols is 1. The highest BCUT2D eigenvalue weighted by Crippen LogP contribution is 2.65. The molecule has 2 aromatic carbocycles. The number of hydrogen-bond donors (Lipinski definition) is 1. The van der Waals surface area contributed by atoms with Crippen molar-refractivity contribution in [2.45, 2.75) is 25.7 Å². The lowest BCUT2D eigenvalue weighted by molar-refractivity contribution is -0.138. The first-order valence-electron chi connectivity index (χ1n) is 13.8. The van der Waals surface area contributed by atoms with E-state index >= 15 is 0 Å². The number of likely N-dealkylation sites (tertiary alicyclic amines) is 1. The number of methoxy groups -OCH3 is 3. The molecule has 6 rings (SSSR count). The summed E-state index contributed by atoms with van der Waals surface area (Å²) in [6.45, 7) is 1.61. The Balaban J connectivity index is 1.57. The molecule has 230 valence electrons. The van der Waals surface area contributed by atoms with Crippen molar-refractivity contribution in [3.8, 4) is 17.2 Å². The van der Waals surface area contributed by atoms with Gasteiger partial charge in [0.25, 0.3) is 0 Å². The van der Waals surface area contributed by atoms with Crippen molar-refractivity contribution in [3.63, 3.8) is 0 Å². The van der Waals surface area contributed by atoms with Crippen molar-refractivity contribution < 1.29 is 47.7 Å². The molecule has 2 aliphatic heterocycles. The minimum Gasteiger partial charge on any atom is -0.507 e. The number of carbonyl (C=O) groups is 5. The Labute approximate surface area is 256 Å². The Morgan fingerprint density at radius 2 is 1.75 bits per heavy atom. The van der Waals surface area contributed by atoms with Crippen LogP contribution in [0.15, 0.2) is 42.0 Å². The third-order valence-corrected chi connectivity index (χ3v) is 9.92. The molecule has 2 aromatic rings. The van der Waals surface area contributed by atoms with Crippen molar-refractivity contribution in [2.75, 3.05) is 26.2 Å². The largest absolute Gasteiger partial charge is 0.507 e. The summed E-state index contributed by atoms with van der Waals surface area (Å²) >= 11 is 6.02. The van der Waals surface area contributed by atoms with E-state index in [0.717, 1.165) is 18.1 Å². The number of nitrogens with zero attached hydrogens (tertiary/aromatic N) is 2. The molecule has 2 aliphatic carbocycles. The van der Waals surface area contributed by atoms with Crippen LogP contribution in [-0.2, 0) is 23.9 Å². The van der Waals surface area contributed by atoms with E-state index in [9.17, 15) is 33.5 Å². The van der Waals surface area contributed by atoms with Gasteiger partial charge >= 0.3 is 6.09 Å². The molecule has 2 heterocycles. The molecule has 0 unspecified atom stereocenters. The number of carbonyl (C=O) groups excluding carboxylic acids is 5. The highest BCUT2D eigenvalue weighted by atomic mass is 35.5. The first-order valence-corrected chi connectivity index (χ1v) is 14.2. The fraction of sp³-hybridized carbons (Fsp3) is 0.387. The minimum atomic E-state index is -1.53. The fourth-order valence-corrected chi connectivity index (χ4v) is 7.80. The standard InChI is InChI=1S/C31H28ClFN2O9/c1-31-18(27(38)34(29(31)40)13-5-8-20(33)19(32)9-13)12-17-15(25(31)24-21(36)10-14(42-2)11-22(24)43-3)6-7-16-23(17)28(39)35(26(16)37)30(41)44-4/h5-6,8-11,16-18,23,25,36H,7,12H2,1-4H3/t16-,17+,18-,23-,25+,31+/m0/s1. The Morgan fingerprint density at radius 3 is 2.39 bits per heavy atom. The Morgan fingerprint density at radius 1 is 1.02 bits per heavy atom. The number of rotatable bonds is 4. The number of amides is 5. The Kier molecular flexibility index (Phi) is 6.95. The van der Waals surface area contributed by atoms with Crippen LogP contribution in [0.5, 0.6) is 17.2 Å². The van der Waals surface area contributed by atoms with Gasteiger partial charge in [-0.1, -0.05) is 23.3 Å². The van der Waals surface area contributed by atoms with Crippen LogP contribution in [0.3, 0.4) is 0 Å². The van der Waals surface area contributed by atoms with Crippen molar-refractivity contribution >= 4 is 47.0 Å². The molecule has 44 heavy (non-hydrogen) atoms. The van der Waals surface area contributed by atoms with Gasteiger partial charge in [0, 0.05) is 23.6 Å². The van der Waals surface area contributed by atoms with Crippen LogP contribution in [0.1, 0.15) is 31.2 Å². The number of ether oxygens (including phenoxy) is 3. The van der Waals surface area contributed by atoms with Crippen LogP contribution in [0, 0.1) is 34.9 Å². The summed E-state index contributed by atoms with van der Waals surface area (Å²) in [4.78, 5) is 69.5. The number of benzene rings is 2. The minimum absolute atomic E-state index is 0.0106. The van der Waals surface area contributed by atoms with Gasteiger partial charge in [0.05, 0.1) is 55.2 Å². The van der Waals surface area contributed by atoms with E-state index in [-0.39, 0.29) is 46.4 Å². The molecular formula is C31H28ClFN2O9. The number of phenolic OH excluding ortho intramolecular Hbond substituents is 1. The molecule has 0 bridgehead atoms. The number of anilines is 1. The SMILES string of the molecule is COC(=O)N1C(=O)[C@H]2[C@H](CC=C3[C@H]2C[C@H]2C(=O)N(c4ccc(F)c(Cl)c4)C(=O)[C@@]2(C)[C@H]3c2c(O)cc(OC)cc2OC)C1=O. The molecule has 11 nitrogen and oxygen atoms in total. The second kappa shape index (κ2) is 10.3. The molecule has 1 N–H and O–H groups in total. The lowest BCUT2D eigenvalue weighted by Gasteiger charge is -2.49. The Bertz CT molecular complexity index is 1690. The topological polar surface area (TPSA) is 140 Å². The highest BCUT2D eigenvalue weighted by Gasteiger charge is 2.68. The van der Waals surface area contributed by atoms with Crippen LogP contribution in [0.25, 0.3) is 0 Å². The lowest BCUT2D eigenvalue weighted by Crippen LogP contribution is -2.49. The van der Waals surface area contributed by atoms with Gasteiger partial charge in [-0.05, 0) is 43.9 Å². The van der Waals surface area contributed by atoms with Crippen molar-refractivity contribution in [1.29, 1.82) is 0 Å². The smallest absolute Gasteiger partial charge is 0.423 e. The molecule has 0 radical (unpaired) electrons. The zero-order valence-electron chi connectivity index (χ0n) is 24.1. The summed E-state index contributed by atoms with van der Waals surface area (Å²) in [7, 11) is 3.85. The summed E-state index contributed by atoms with van der Waals surface area (Å²) in [6, 6.07) is 6.40. The molecule has 13 heteroatoms. The maximum atomic E-state index is 14.5. The molecule has 0 aromatic heterocycles. The number of halogens is 2. The second-order valence-electron chi connectivity index (χ2n) is 11.5. The zero-order valence-corrected chi connectivity index (χ0v) is 24.9. The number of fused-ring (bicyclic) bond motifs is 4. The quantitative estimate of drug-likeness (QED) is 0.391. The van der Waals surface area contributed by atoms with E-state index in [1.807, 2.05) is 0 Å².